The fourth-order valence-electron chi connectivity index (χ4n) is 4.05. The van der Waals surface area contributed by atoms with E-state index in [1.165, 1.54) is 11.8 Å². The maximum Gasteiger partial charge on any atom is 0.165 e. The third-order valence-corrected chi connectivity index (χ3v) is 6.38. The summed E-state index contributed by atoms with van der Waals surface area (Å²) in [6, 6.07) is 12.1. The maximum atomic E-state index is 14.3. The Kier molecular flexibility index (Phi) is 5.33. The molecule has 4 aromatic rings. The minimum atomic E-state index is -0.326. The first kappa shape index (κ1) is 20.1. The molecule has 0 unspecified atom stereocenters. The van der Waals surface area contributed by atoms with Crippen LogP contribution >= 0.6 is 0 Å². The molecule has 0 amide bonds. The molecule has 0 saturated carbocycles. The molecule has 0 bridgehead atoms. The van der Waals surface area contributed by atoms with Crippen LogP contribution in [0, 0.1) is 11.2 Å². The van der Waals surface area contributed by atoms with Crippen LogP contribution in [0.15, 0.2) is 48.8 Å². The van der Waals surface area contributed by atoms with Gasteiger partial charge < -0.3 is 16.0 Å². The lowest BCUT2D eigenvalue weighted by atomic mass is 9.78. The lowest BCUT2D eigenvalue weighted by molar-refractivity contribution is 0.247. The van der Waals surface area contributed by atoms with Crippen LogP contribution in [0.4, 0.5) is 16.0 Å². The van der Waals surface area contributed by atoms with E-state index >= 15 is 0 Å². The van der Waals surface area contributed by atoms with Crippen LogP contribution in [0.5, 0.6) is 0 Å². The van der Waals surface area contributed by atoms with E-state index in [0.29, 0.717) is 22.5 Å². The zero-order valence-corrected chi connectivity index (χ0v) is 17.5. The number of nitrogens with zero attached hydrogens (tertiary/aromatic N) is 3. The second-order valence-corrected chi connectivity index (χ2v) is 8.44. The molecule has 6 heteroatoms. The maximum absolute atomic E-state index is 14.3. The summed E-state index contributed by atoms with van der Waals surface area (Å²) in [7, 11) is 0. The van der Waals surface area contributed by atoms with Crippen molar-refractivity contribution in [3.8, 4) is 0 Å². The molecule has 0 radical (unpaired) electrons. The summed E-state index contributed by atoms with van der Waals surface area (Å²) in [5.74, 6) is 0.587. The average molecular weight is 406 g/mol. The van der Waals surface area contributed by atoms with E-state index in [4.69, 9.17) is 11.5 Å². The van der Waals surface area contributed by atoms with Gasteiger partial charge in [-0.1, -0.05) is 26.3 Å². The van der Waals surface area contributed by atoms with Gasteiger partial charge in [0.25, 0.3) is 0 Å². The number of halogens is 1. The Morgan fingerprint density at radius 1 is 1.10 bits per heavy atom. The van der Waals surface area contributed by atoms with Gasteiger partial charge in [-0.2, -0.15) is 0 Å². The van der Waals surface area contributed by atoms with Gasteiger partial charge in [0.05, 0.1) is 17.2 Å². The van der Waals surface area contributed by atoms with Crippen LogP contribution in [0.25, 0.3) is 21.8 Å². The first-order valence-corrected chi connectivity index (χ1v) is 10.4. The van der Waals surface area contributed by atoms with Gasteiger partial charge in [-0.25, -0.2) is 14.4 Å². The van der Waals surface area contributed by atoms with Gasteiger partial charge in [-0.05, 0) is 60.6 Å². The van der Waals surface area contributed by atoms with E-state index in [2.05, 4.69) is 35.9 Å². The molecule has 3 heterocycles. The van der Waals surface area contributed by atoms with Gasteiger partial charge >= 0.3 is 0 Å². The number of rotatable bonds is 7. The zero-order valence-electron chi connectivity index (χ0n) is 17.5. The predicted molar refractivity (Wildman–Crippen MR) is 122 cm³/mol. The molecular formula is C24H28FN5. The predicted octanol–water partition coefficient (Wildman–Crippen LogP) is 5.33. The number of nitrogen functional groups attached to an aromatic ring is 2. The molecular weight excluding hydrogens is 377 g/mol. The molecule has 0 fully saturated rings. The summed E-state index contributed by atoms with van der Waals surface area (Å²) in [6.07, 6.45) is 7.18. The number of hydrogen-bond donors (Lipinski definition) is 2. The fourth-order valence-corrected chi connectivity index (χ4v) is 4.05. The van der Waals surface area contributed by atoms with Crippen LogP contribution < -0.4 is 11.5 Å². The highest BCUT2D eigenvalue weighted by atomic mass is 19.1. The molecule has 1 aromatic carbocycles. The molecule has 0 saturated heterocycles. The Labute approximate surface area is 175 Å². The van der Waals surface area contributed by atoms with Gasteiger partial charge in [-0.15, -0.1) is 0 Å². The summed E-state index contributed by atoms with van der Waals surface area (Å²) < 4.78 is 16.3. The largest absolute Gasteiger partial charge is 0.384 e. The highest BCUT2D eigenvalue weighted by Crippen LogP contribution is 2.34. The fraction of sp³-hybridized carbons (Fsp3) is 0.333. The zero-order chi connectivity index (χ0) is 21.3. The SMILES string of the molecule is CC[C@](C)(CCc1ccc2nc(N)ccc2c1)CCn1ccc2c(N)ncc(F)c21. The third kappa shape index (κ3) is 3.95. The molecule has 0 spiro atoms. The summed E-state index contributed by atoms with van der Waals surface area (Å²) >= 11 is 0. The van der Waals surface area contributed by atoms with E-state index < -0.39 is 0 Å². The van der Waals surface area contributed by atoms with E-state index in [1.807, 2.05) is 35.0 Å². The summed E-state index contributed by atoms with van der Waals surface area (Å²) in [5.41, 5.74) is 14.6. The lowest BCUT2D eigenvalue weighted by Gasteiger charge is -2.29. The molecule has 5 nitrogen and oxygen atoms in total. The van der Waals surface area contributed by atoms with Crippen molar-refractivity contribution >= 4 is 33.4 Å². The van der Waals surface area contributed by atoms with Crippen molar-refractivity contribution in [2.24, 2.45) is 5.41 Å². The van der Waals surface area contributed by atoms with Crippen LogP contribution in [-0.4, -0.2) is 14.5 Å². The van der Waals surface area contributed by atoms with E-state index in [-0.39, 0.29) is 11.2 Å². The van der Waals surface area contributed by atoms with Crippen molar-refractivity contribution < 1.29 is 4.39 Å². The highest BCUT2D eigenvalue weighted by Gasteiger charge is 2.22. The Bertz CT molecular complexity index is 1200. The van der Waals surface area contributed by atoms with Crippen molar-refractivity contribution in [3.05, 3.63) is 60.2 Å². The van der Waals surface area contributed by atoms with Gasteiger partial charge in [0.2, 0.25) is 0 Å². The molecule has 1 atom stereocenters. The smallest absolute Gasteiger partial charge is 0.165 e. The first-order chi connectivity index (χ1) is 14.4. The van der Waals surface area contributed by atoms with E-state index in [0.717, 1.165) is 43.1 Å². The number of anilines is 2. The third-order valence-electron chi connectivity index (χ3n) is 6.38. The Morgan fingerprint density at radius 2 is 1.93 bits per heavy atom. The first-order valence-electron chi connectivity index (χ1n) is 10.4. The molecule has 0 aliphatic carbocycles. The average Bonchev–Trinajstić information content (AvgIpc) is 3.19. The van der Waals surface area contributed by atoms with Crippen LogP contribution in [0.3, 0.4) is 0 Å². The number of fused-ring (bicyclic) bond motifs is 2. The van der Waals surface area contributed by atoms with Gasteiger partial charge in [-0.3, -0.25) is 0 Å². The van der Waals surface area contributed by atoms with Crippen LogP contribution in [-0.2, 0) is 13.0 Å². The quantitative estimate of drug-likeness (QED) is 0.435. The number of aryl methyl sites for hydroxylation is 2. The van der Waals surface area contributed by atoms with Crippen molar-refractivity contribution in [2.75, 3.05) is 11.5 Å². The lowest BCUT2D eigenvalue weighted by Crippen LogP contribution is -2.19. The molecule has 30 heavy (non-hydrogen) atoms. The number of pyridine rings is 2. The van der Waals surface area contributed by atoms with Gasteiger partial charge in [0, 0.05) is 23.5 Å². The summed E-state index contributed by atoms with van der Waals surface area (Å²) in [5, 5.41) is 1.79. The number of nitrogens with two attached hydrogens (primary N) is 2. The standard InChI is InChI=1S/C24H28FN5/c1-3-24(2,10-8-16-4-6-20-17(14-16)5-7-21(26)29-20)11-13-30-12-9-18-22(30)19(25)15-28-23(18)27/h4-7,9,12,14-15H,3,8,10-11,13H2,1-2H3,(H2,26,29)(H2,27,28)/t24-/m1/s1. The molecule has 0 aliphatic rings. The Morgan fingerprint density at radius 3 is 2.73 bits per heavy atom. The normalized spacial score (nSPS) is 13.7. The molecule has 3 aromatic heterocycles. The van der Waals surface area contributed by atoms with Crippen LogP contribution in [0.1, 0.15) is 38.7 Å². The number of aromatic nitrogens is 3. The molecule has 4 rings (SSSR count). The van der Waals surface area contributed by atoms with Crippen molar-refractivity contribution in [2.45, 2.75) is 46.1 Å². The molecule has 156 valence electrons. The van der Waals surface area contributed by atoms with Crippen molar-refractivity contribution in [1.82, 2.24) is 14.5 Å². The minimum absolute atomic E-state index is 0.153. The van der Waals surface area contributed by atoms with Gasteiger partial charge in [0.15, 0.2) is 5.82 Å². The van der Waals surface area contributed by atoms with E-state index in [9.17, 15) is 4.39 Å². The topological polar surface area (TPSA) is 82.8 Å². The Hall–Kier alpha value is -3.15. The summed E-state index contributed by atoms with van der Waals surface area (Å²) in [6.45, 7) is 5.28. The minimum Gasteiger partial charge on any atom is -0.384 e. The number of benzene rings is 1. The monoisotopic (exact) mass is 405 g/mol. The number of hydrogen-bond acceptors (Lipinski definition) is 4. The summed E-state index contributed by atoms with van der Waals surface area (Å²) in [4.78, 5) is 8.28. The Balaban J connectivity index is 1.47. The van der Waals surface area contributed by atoms with Crippen molar-refractivity contribution in [1.29, 1.82) is 0 Å². The van der Waals surface area contributed by atoms with Gasteiger partial charge in [0.1, 0.15) is 11.6 Å². The highest BCUT2D eigenvalue weighted by molar-refractivity contribution is 5.89. The van der Waals surface area contributed by atoms with Crippen LogP contribution in [0.2, 0.25) is 0 Å². The second kappa shape index (κ2) is 7.94. The molecule has 4 N–H and O–H groups in total. The van der Waals surface area contributed by atoms with E-state index in [1.54, 1.807) is 0 Å². The molecule has 0 aliphatic heterocycles. The second-order valence-electron chi connectivity index (χ2n) is 8.44. The van der Waals surface area contributed by atoms with Crippen molar-refractivity contribution in [3.63, 3.8) is 0 Å².